The first-order valence-electron chi connectivity index (χ1n) is 8.08. The van der Waals surface area contributed by atoms with Gasteiger partial charge in [-0.2, -0.15) is 0 Å². The van der Waals surface area contributed by atoms with Gasteiger partial charge in [0.25, 0.3) is 5.91 Å². The summed E-state index contributed by atoms with van der Waals surface area (Å²) in [6, 6.07) is 10.4. The van der Waals surface area contributed by atoms with Crippen molar-refractivity contribution in [1.29, 1.82) is 0 Å². The number of ether oxygens (including phenoxy) is 1. The van der Waals surface area contributed by atoms with Crippen LogP contribution in [-0.2, 0) is 19.7 Å². The van der Waals surface area contributed by atoms with E-state index >= 15 is 0 Å². The second-order valence-electron chi connectivity index (χ2n) is 7.00. The van der Waals surface area contributed by atoms with E-state index in [2.05, 4.69) is 15.8 Å². The number of rotatable bonds is 3. The highest BCUT2D eigenvalue weighted by Crippen LogP contribution is 2.26. The summed E-state index contributed by atoms with van der Waals surface area (Å²) in [6.07, 6.45) is -0.852. The van der Waals surface area contributed by atoms with Crippen molar-refractivity contribution in [2.45, 2.75) is 38.3 Å². The zero-order valence-electron chi connectivity index (χ0n) is 14.4. The van der Waals surface area contributed by atoms with E-state index in [0.717, 1.165) is 5.56 Å². The van der Waals surface area contributed by atoms with Gasteiger partial charge in [-0.15, -0.1) is 0 Å². The summed E-state index contributed by atoms with van der Waals surface area (Å²) in [7, 11) is 0. The average Bonchev–Trinajstić information content (AvgIpc) is 3.04. The van der Waals surface area contributed by atoms with Crippen molar-refractivity contribution < 1.29 is 18.8 Å². The minimum absolute atomic E-state index is 0.159. The molecule has 1 aliphatic rings. The first-order valence-corrected chi connectivity index (χ1v) is 8.08. The van der Waals surface area contributed by atoms with E-state index in [1.54, 1.807) is 6.07 Å². The molecule has 7 nitrogen and oxygen atoms in total. The number of amides is 2. The van der Waals surface area contributed by atoms with Gasteiger partial charge in [0, 0.05) is 11.5 Å². The lowest BCUT2D eigenvalue weighted by molar-refractivity contribution is -0.145. The van der Waals surface area contributed by atoms with Crippen molar-refractivity contribution in [3.05, 3.63) is 47.7 Å². The molecule has 0 radical (unpaired) electrons. The highest BCUT2D eigenvalue weighted by atomic mass is 16.5. The van der Waals surface area contributed by atoms with Gasteiger partial charge in [-0.3, -0.25) is 9.59 Å². The Morgan fingerprint density at radius 3 is 2.64 bits per heavy atom. The van der Waals surface area contributed by atoms with Crippen LogP contribution >= 0.6 is 0 Å². The van der Waals surface area contributed by atoms with Crippen LogP contribution in [0.15, 0.2) is 40.9 Å². The highest BCUT2D eigenvalue weighted by molar-refractivity contribution is 5.95. The van der Waals surface area contributed by atoms with Crippen LogP contribution in [0.4, 0.5) is 5.82 Å². The number of anilines is 1. The fourth-order valence-electron chi connectivity index (χ4n) is 2.58. The van der Waals surface area contributed by atoms with Gasteiger partial charge >= 0.3 is 0 Å². The Kier molecular flexibility index (Phi) is 4.59. The maximum atomic E-state index is 12.6. The van der Waals surface area contributed by atoms with Crippen LogP contribution in [0.1, 0.15) is 38.1 Å². The molecule has 3 rings (SSSR count). The molecule has 2 heterocycles. The van der Waals surface area contributed by atoms with Crippen molar-refractivity contribution in [1.82, 2.24) is 10.5 Å². The van der Waals surface area contributed by atoms with Crippen LogP contribution < -0.4 is 10.6 Å². The van der Waals surface area contributed by atoms with E-state index in [-0.39, 0.29) is 23.8 Å². The summed E-state index contributed by atoms with van der Waals surface area (Å²) < 4.78 is 10.8. The first kappa shape index (κ1) is 17.2. The third-order valence-electron chi connectivity index (χ3n) is 3.93. The van der Waals surface area contributed by atoms with Crippen molar-refractivity contribution in [2.75, 3.05) is 11.9 Å². The summed E-state index contributed by atoms with van der Waals surface area (Å²) >= 11 is 0. The van der Waals surface area contributed by atoms with Crippen LogP contribution in [0.5, 0.6) is 0 Å². The Morgan fingerprint density at radius 1 is 1.28 bits per heavy atom. The Balaban J connectivity index is 1.77. The predicted octanol–water partition coefficient (Wildman–Crippen LogP) is 2.17. The third kappa shape index (κ3) is 3.88. The van der Waals surface area contributed by atoms with Gasteiger partial charge in [0.15, 0.2) is 11.9 Å². The molecule has 25 heavy (non-hydrogen) atoms. The lowest BCUT2D eigenvalue weighted by Crippen LogP contribution is -2.50. The van der Waals surface area contributed by atoms with Crippen LogP contribution in [0.2, 0.25) is 0 Å². The van der Waals surface area contributed by atoms with Gasteiger partial charge in [0.1, 0.15) is 12.4 Å². The number of nitrogens with zero attached hydrogens (tertiary/aromatic N) is 1. The topological polar surface area (TPSA) is 93.5 Å². The Morgan fingerprint density at radius 2 is 2.00 bits per heavy atom. The van der Waals surface area contributed by atoms with Gasteiger partial charge < -0.3 is 19.9 Å². The SMILES string of the molecule is CC(C)(C)c1cc(NC(=O)[C@H]2OCC(=O)N[C@@H]2c2ccccc2)no1. The molecule has 1 aromatic carbocycles. The summed E-state index contributed by atoms with van der Waals surface area (Å²) in [5.74, 6) is 0.347. The molecule has 2 atom stereocenters. The monoisotopic (exact) mass is 343 g/mol. The maximum absolute atomic E-state index is 12.6. The van der Waals surface area contributed by atoms with Gasteiger partial charge in [0.2, 0.25) is 5.91 Å². The van der Waals surface area contributed by atoms with E-state index in [4.69, 9.17) is 9.26 Å². The molecule has 2 aromatic rings. The van der Waals surface area contributed by atoms with Gasteiger partial charge in [-0.05, 0) is 5.56 Å². The number of carbonyl (C=O) groups excluding carboxylic acids is 2. The third-order valence-corrected chi connectivity index (χ3v) is 3.93. The second-order valence-corrected chi connectivity index (χ2v) is 7.00. The fourth-order valence-corrected chi connectivity index (χ4v) is 2.58. The standard InChI is InChI=1S/C18H21N3O4/c1-18(2,3)12-9-13(21-25-12)19-17(23)16-15(20-14(22)10-24-16)11-7-5-4-6-8-11/h4-9,15-16H,10H2,1-3H3,(H,20,22)(H,19,21,23)/t15-,16+/m1/s1. The number of hydrogen-bond donors (Lipinski definition) is 2. The molecule has 0 saturated carbocycles. The molecule has 1 aliphatic heterocycles. The zero-order valence-corrected chi connectivity index (χ0v) is 14.4. The number of aromatic nitrogens is 1. The number of carbonyl (C=O) groups is 2. The maximum Gasteiger partial charge on any atom is 0.257 e. The molecule has 2 N–H and O–H groups in total. The van der Waals surface area contributed by atoms with E-state index in [9.17, 15) is 9.59 Å². The zero-order chi connectivity index (χ0) is 18.0. The van der Waals surface area contributed by atoms with E-state index in [1.165, 1.54) is 0 Å². The van der Waals surface area contributed by atoms with Crippen molar-refractivity contribution >= 4 is 17.6 Å². The summed E-state index contributed by atoms with van der Waals surface area (Å²) in [4.78, 5) is 24.3. The van der Waals surface area contributed by atoms with Gasteiger partial charge in [-0.1, -0.05) is 56.3 Å². The van der Waals surface area contributed by atoms with Crippen LogP contribution in [0.3, 0.4) is 0 Å². The smallest absolute Gasteiger partial charge is 0.257 e. The molecular formula is C18H21N3O4. The quantitative estimate of drug-likeness (QED) is 0.891. The van der Waals surface area contributed by atoms with E-state index in [1.807, 2.05) is 51.1 Å². The average molecular weight is 343 g/mol. The van der Waals surface area contributed by atoms with E-state index < -0.39 is 12.1 Å². The van der Waals surface area contributed by atoms with Crippen LogP contribution in [-0.4, -0.2) is 29.7 Å². The van der Waals surface area contributed by atoms with Gasteiger partial charge in [0.05, 0.1) is 6.04 Å². The highest BCUT2D eigenvalue weighted by Gasteiger charge is 2.36. The molecule has 1 saturated heterocycles. The molecule has 7 heteroatoms. The van der Waals surface area contributed by atoms with E-state index in [0.29, 0.717) is 11.6 Å². The Bertz CT molecular complexity index is 764. The molecule has 1 aromatic heterocycles. The molecule has 0 unspecified atom stereocenters. The number of nitrogens with one attached hydrogen (secondary N) is 2. The normalized spacial score (nSPS) is 20.8. The Labute approximate surface area is 145 Å². The lowest BCUT2D eigenvalue weighted by Gasteiger charge is -2.31. The summed E-state index contributed by atoms with van der Waals surface area (Å²) in [5.41, 5.74) is 0.587. The molecule has 2 amide bonds. The van der Waals surface area contributed by atoms with Gasteiger partial charge in [-0.25, -0.2) is 0 Å². The lowest BCUT2D eigenvalue weighted by atomic mass is 9.93. The number of benzene rings is 1. The summed E-state index contributed by atoms with van der Waals surface area (Å²) in [6.45, 7) is 5.81. The second kappa shape index (κ2) is 6.68. The minimum atomic E-state index is -0.852. The molecule has 0 aliphatic carbocycles. The summed E-state index contributed by atoms with van der Waals surface area (Å²) in [5, 5.41) is 9.39. The first-order chi connectivity index (χ1) is 11.8. The Hall–Kier alpha value is -2.67. The van der Waals surface area contributed by atoms with Crippen molar-refractivity contribution in [3.8, 4) is 0 Å². The van der Waals surface area contributed by atoms with Crippen molar-refractivity contribution in [2.24, 2.45) is 0 Å². The number of hydrogen-bond acceptors (Lipinski definition) is 5. The van der Waals surface area contributed by atoms with Crippen LogP contribution in [0, 0.1) is 0 Å². The molecular weight excluding hydrogens is 322 g/mol. The van der Waals surface area contributed by atoms with Crippen molar-refractivity contribution in [3.63, 3.8) is 0 Å². The number of morpholine rings is 1. The largest absolute Gasteiger partial charge is 0.359 e. The predicted molar refractivity (Wildman–Crippen MR) is 90.9 cm³/mol. The molecule has 1 fully saturated rings. The fraction of sp³-hybridized carbons (Fsp3) is 0.389. The van der Waals surface area contributed by atoms with Crippen LogP contribution in [0.25, 0.3) is 0 Å². The molecule has 0 spiro atoms. The molecule has 0 bridgehead atoms. The molecule has 132 valence electrons. The minimum Gasteiger partial charge on any atom is -0.359 e.